The Labute approximate surface area is 117 Å². The number of nitrogens with one attached hydrogen (secondary N) is 1. The molecule has 4 nitrogen and oxygen atoms in total. The van der Waals surface area contributed by atoms with Crippen molar-refractivity contribution in [3.63, 3.8) is 0 Å². The average Bonchev–Trinajstić information content (AvgIpc) is 2.94. The summed E-state index contributed by atoms with van der Waals surface area (Å²) in [6.45, 7) is 2.26. The van der Waals surface area contributed by atoms with Crippen LogP contribution in [0.25, 0.3) is 0 Å². The monoisotopic (exact) mass is 281 g/mol. The van der Waals surface area contributed by atoms with Crippen molar-refractivity contribution in [3.05, 3.63) is 22.4 Å². The molecule has 0 unspecified atom stereocenters. The van der Waals surface area contributed by atoms with Gasteiger partial charge in [-0.25, -0.2) is 0 Å². The third-order valence-corrected chi connectivity index (χ3v) is 4.30. The molecule has 0 radical (unpaired) electrons. The summed E-state index contributed by atoms with van der Waals surface area (Å²) >= 11 is 1.45. The minimum Gasteiger partial charge on any atom is -0.466 e. The number of hydrogen-bond acceptors (Lipinski definition) is 4. The van der Waals surface area contributed by atoms with Gasteiger partial charge in [0.25, 0.3) is 5.91 Å². The van der Waals surface area contributed by atoms with Crippen molar-refractivity contribution in [1.29, 1.82) is 0 Å². The first-order chi connectivity index (χ1) is 9.20. The van der Waals surface area contributed by atoms with E-state index in [2.05, 4.69) is 5.32 Å². The molecule has 1 amide bonds. The number of carbonyl (C=O) groups excluding carboxylic acids is 2. The van der Waals surface area contributed by atoms with E-state index >= 15 is 0 Å². The van der Waals surface area contributed by atoms with Crippen LogP contribution in [-0.2, 0) is 9.53 Å². The molecule has 2 rings (SSSR count). The SMILES string of the molecule is CCOC(=O)C1CCC(NC(=O)c2cccs2)CC1. The van der Waals surface area contributed by atoms with Crippen LogP contribution in [0.3, 0.4) is 0 Å². The molecule has 0 aromatic carbocycles. The lowest BCUT2D eigenvalue weighted by molar-refractivity contribution is -0.149. The van der Waals surface area contributed by atoms with Crippen molar-refractivity contribution in [3.8, 4) is 0 Å². The van der Waals surface area contributed by atoms with Crippen LogP contribution in [0.4, 0.5) is 0 Å². The lowest BCUT2D eigenvalue weighted by Crippen LogP contribution is -2.38. The molecule has 0 saturated heterocycles. The predicted octanol–water partition coefficient (Wildman–Crippen LogP) is 2.60. The molecular formula is C14H19NO3S. The summed E-state index contributed by atoms with van der Waals surface area (Å²) in [7, 11) is 0. The topological polar surface area (TPSA) is 55.4 Å². The zero-order chi connectivity index (χ0) is 13.7. The highest BCUT2D eigenvalue weighted by atomic mass is 32.1. The second-order valence-electron chi connectivity index (χ2n) is 4.75. The van der Waals surface area contributed by atoms with Gasteiger partial charge in [0.15, 0.2) is 0 Å². The highest BCUT2D eigenvalue weighted by Gasteiger charge is 2.28. The number of amides is 1. The lowest BCUT2D eigenvalue weighted by Gasteiger charge is -2.27. The van der Waals surface area contributed by atoms with E-state index in [0.29, 0.717) is 6.61 Å². The van der Waals surface area contributed by atoms with Gasteiger partial charge in [-0.05, 0) is 44.1 Å². The fourth-order valence-corrected chi connectivity index (χ4v) is 3.02. The molecule has 0 spiro atoms. The number of rotatable bonds is 4. The maximum absolute atomic E-state index is 11.9. The van der Waals surface area contributed by atoms with Gasteiger partial charge in [0.05, 0.1) is 17.4 Å². The van der Waals surface area contributed by atoms with E-state index in [9.17, 15) is 9.59 Å². The molecule has 1 aromatic heterocycles. The van der Waals surface area contributed by atoms with Gasteiger partial charge in [-0.15, -0.1) is 11.3 Å². The molecular weight excluding hydrogens is 262 g/mol. The zero-order valence-corrected chi connectivity index (χ0v) is 11.9. The largest absolute Gasteiger partial charge is 0.466 e. The second kappa shape index (κ2) is 6.70. The maximum Gasteiger partial charge on any atom is 0.308 e. The third-order valence-electron chi connectivity index (χ3n) is 3.43. The molecule has 1 fully saturated rings. The first-order valence-electron chi connectivity index (χ1n) is 6.71. The predicted molar refractivity (Wildman–Crippen MR) is 74.2 cm³/mol. The van der Waals surface area contributed by atoms with E-state index in [0.717, 1.165) is 30.6 Å². The normalized spacial score (nSPS) is 22.8. The Balaban J connectivity index is 1.77. The molecule has 19 heavy (non-hydrogen) atoms. The number of hydrogen-bond donors (Lipinski definition) is 1. The summed E-state index contributed by atoms with van der Waals surface area (Å²) in [5, 5.41) is 4.93. The molecule has 0 bridgehead atoms. The van der Waals surface area contributed by atoms with E-state index in [1.165, 1.54) is 11.3 Å². The van der Waals surface area contributed by atoms with Gasteiger partial charge in [-0.1, -0.05) is 6.07 Å². The molecule has 0 aliphatic heterocycles. The summed E-state index contributed by atoms with van der Waals surface area (Å²) in [6.07, 6.45) is 3.30. The third kappa shape index (κ3) is 3.80. The second-order valence-corrected chi connectivity index (χ2v) is 5.70. The van der Waals surface area contributed by atoms with E-state index in [4.69, 9.17) is 4.74 Å². The Morgan fingerprint density at radius 3 is 2.68 bits per heavy atom. The smallest absolute Gasteiger partial charge is 0.308 e. The van der Waals surface area contributed by atoms with E-state index < -0.39 is 0 Å². The number of esters is 1. The van der Waals surface area contributed by atoms with Crippen molar-refractivity contribution < 1.29 is 14.3 Å². The number of ether oxygens (including phenoxy) is 1. The molecule has 1 aliphatic carbocycles. The molecule has 1 N–H and O–H groups in total. The van der Waals surface area contributed by atoms with E-state index in [1.807, 2.05) is 24.4 Å². The number of thiophene rings is 1. The van der Waals surface area contributed by atoms with Crippen molar-refractivity contribution >= 4 is 23.2 Å². The Kier molecular flexibility index (Phi) is 4.96. The van der Waals surface area contributed by atoms with Gasteiger partial charge in [0, 0.05) is 6.04 Å². The van der Waals surface area contributed by atoms with Crippen molar-refractivity contribution in [1.82, 2.24) is 5.32 Å². The Morgan fingerprint density at radius 1 is 1.37 bits per heavy atom. The van der Waals surface area contributed by atoms with Crippen LogP contribution in [0, 0.1) is 5.92 Å². The fourth-order valence-electron chi connectivity index (χ4n) is 2.40. The van der Waals surface area contributed by atoms with Crippen LogP contribution in [0.2, 0.25) is 0 Å². The van der Waals surface area contributed by atoms with Gasteiger partial charge in [0.1, 0.15) is 0 Å². The highest BCUT2D eigenvalue weighted by molar-refractivity contribution is 7.12. The van der Waals surface area contributed by atoms with Crippen LogP contribution in [-0.4, -0.2) is 24.5 Å². The molecule has 1 saturated carbocycles. The van der Waals surface area contributed by atoms with Crippen LogP contribution in [0.5, 0.6) is 0 Å². The molecule has 1 aromatic rings. The molecule has 5 heteroatoms. The first kappa shape index (κ1) is 14.1. The summed E-state index contributed by atoms with van der Waals surface area (Å²) in [4.78, 5) is 24.2. The molecule has 0 atom stereocenters. The Bertz CT molecular complexity index is 422. The number of carbonyl (C=O) groups is 2. The van der Waals surface area contributed by atoms with Crippen LogP contribution >= 0.6 is 11.3 Å². The van der Waals surface area contributed by atoms with Crippen LogP contribution in [0.15, 0.2) is 17.5 Å². The van der Waals surface area contributed by atoms with Gasteiger partial charge in [-0.2, -0.15) is 0 Å². The van der Waals surface area contributed by atoms with Crippen molar-refractivity contribution in [2.75, 3.05) is 6.61 Å². The highest BCUT2D eigenvalue weighted by Crippen LogP contribution is 2.25. The zero-order valence-electron chi connectivity index (χ0n) is 11.1. The van der Waals surface area contributed by atoms with Gasteiger partial charge >= 0.3 is 5.97 Å². The fraction of sp³-hybridized carbons (Fsp3) is 0.571. The van der Waals surface area contributed by atoms with Crippen molar-refractivity contribution in [2.24, 2.45) is 5.92 Å². The van der Waals surface area contributed by atoms with Crippen molar-refractivity contribution in [2.45, 2.75) is 38.6 Å². The average molecular weight is 281 g/mol. The van der Waals surface area contributed by atoms with Crippen LogP contribution < -0.4 is 5.32 Å². The Hall–Kier alpha value is -1.36. The molecule has 1 heterocycles. The summed E-state index contributed by atoms with van der Waals surface area (Å²) in [5.41, 5.74) is 0. The van der Waals surface area contributed by atoms with Gasteiger partial charge in [-0.3, -0.25) is 9.59 Å². The first-order valence-corrected chi connectivity index (χ1v) is 7.59. The maximum atomic E-state index is 11.9. The molecule has 104 valence electrons. The summed E-state index contributed by atoms with van der Waals surface area (Å²) < 4.78 is 5.03. The summed E-state index contributed by atoms with van der Waals surface area (Å²) in [5.74, 6) is -0.0880. The molecule has 1 aliphatic rings. The quantitative estimate of drug-likeness (QED) is 0.863. The minimum atomic E-state index is -0.0921. The lowest BCUT2D eigenvalue weighted by atomic mass is 9.86. The van der Waals surface area contributed by atoms with E-state index in [1.54, 1.807) is 0 Å². The van der Waals surface area contributed by atoms with Gasteiger partial charge < -0.3 is 10.1 Å². The van der Waals surface area contributed by atoms with Gasteiger partial charge in [0.2, 0.25) is 0 Å². The van der Waals surface area contributed by atoms with Crippen LogP contribution in [0.1, 0.15) is 42.3 Å². The minimum absolute atomic E-state index is 0.00501. The Morgan fingerprint density at radius 2 is 2.11 bits per heavy atom. The standard InChI is InChI=1S/C14H19NO3S/c1-2-18-14(17)10-5-7-11(8-6-10)15-13(16)12-4-3-9-19-12/h3-4,9-11H,2,5-8H2,1H3,(H,15,16). The summed E-state index contributed by atoms with van der Waals surface area (Å²) in [6, 6.07) is 3.88. The van der Waals surface area contributed by atoms with E-state index in [-0.39, 0.29) is 23.8 Å².